The minimum Gasteiger partial charge on any atom is -0.393 e. The molecule has 0 bridgehead atoms. The molecule has 2 nitrogen and oxygen atoms in total. The average molecular weight is 143 g/mol. The predicted octanol–water partition coefficient (Wildman–Crippen LogP) is 0.755. The maximum atomic E-state index is 9.44. The summed E-state index contributed by atoms with van der Waals surface area (Å²) in [5, 5.41) is 12.6. The Bertz CT molecular complexity index is 105. The van der Waals surface area contributed by atoms with Gasteiger partial charge in [-0.1, -0.05) is 6.92 Å². The quantitative estimate of drug-likeness (QED) is 0.568. The van der Waals surface area contributed by atoms with Crippen molar-refractivity contribution in [3.8, 4) is 0 Å². The Morgan fingerprint density at radius 1 is 1.40 bits per heavy atom. The Balaban J connectivity index is 2.33. The zero-order valence-electron chi connectivity index (χ0n) is 6.80. The third kappa shape index (κ3) is 1.70. The van der Waals surface area contributed by atoms with E-state index in [1.54, 1.807) is 0 Å². The van der Waals surface area contributed by atoms with Crippen molar-refractivity contribution < 1.29 is 5.11 Å². The van der Waals surface area contributed by atoms with E-state index >= 15 is 0 Å². The van der Waals surface area contributed by atoms with Gasteiger partial charge in [0.1, 0.15) is 0 Å². The van der Waals surface area contributed by atoms with Crippen LogP contribution in [0, 0.1) is 5.92 Å². The van der Waals surface area contributed by atoms with Crippen LogP contribution in [0.1, 0.15) is 26.2 Å². The number of aliphatic hydroxyl groups excluding tert-OH is 1. The number of hydrogen-bond donors (Lipinski definition) is 2. The SMILES string of the molecule is CNC1CCC(C)C(O)C1. The summed E-state index contributed by atoms with van der Waals surface area (Å²) in [6, 6.07) is 0.547. The highest BCUT2D eigenvalue weighted by atomic mass is 16.3. The summed E-state index contributed by atoms with van der Waals surface area (Å²) in [5.41, 5.74) is 0. The van der Waals surface area contributed by atoms with Crippen molar-refractivity contribution >= 4 is 0 Å². The lowest BCUT2D eigenvalue weighted by molar-refractivity contribution is 0.0651. The van der Waals surface area contributed by atoms with Crippen LogP contribution in [0.25, 0.3) is 0 Å². The van der Waals surface area contributed by atoms with Crippen molar-refractivity contribution in [1.82, 2.24) is 5.32 Å². The van der Waals surface area contributed by atoms with E-state index < -0.39 is 0 Å². The molecule has 60 valence electrons. The van der Waals surface area contributed by atoms with Gasteiger partial charge in [0.25, 0.3) is 0 Å². The van der Waals surface area contributed by atoms with Gasteiger partial charge in [0.2, 0.25) is 0 Å². The second-order valence-electron chi connectivity index (χ2n) is 3.34. The van der Waals surface area contributed by atoms with E-state index in [9.17, 15) is 5.11 Å². The van der Waals surface area contributed by atoms with Crippen LogP contribution in [0.2, 0.25) is 0 Å². The van der Waals surface area contributed by atoms with Gasteiger partial charge in [0.05, 0.1) is 6.10 Å². The fraction of sp³-hybridized carbons (Fsp3) is 1.00. The zero-order chi connectivity index (χ0) is 7.56. The van der Waals surface area contributed by atoms with Crippen LogP contribution in [0.15, 0.2) is 0 Å². The number of nitrogens with one attached hydrogen (secondary N) is 1. The molecular weight excluding hydrogens is 126 g/mol. The topological polar surface area (TPSA) is 32.3 Å². The molecule has 0 aliphatic heterocycles. The maximum absolute atomic E-state index is 9.44. The molecule has 0 saturated heterocycles. The lowest BCUT2D eigenvalue weighted by Gasteiger charge is -2.30. The third-order valence-corrected chi connectivity index (χ3v) is 2.56. The van der Waals surface area contributed by atoms with Crippen molar-refractivity contribution in [3.05, 3.63) is 0 Å². The highest BCUT2D eigenvalue weighted by Gasteiger charge is 2.24. The van der Waals surface area contributed by atoms with E-state index in [0.29, 0.717) is 12.0 Å². The van der Waals surface area contributed by atoms with E-state index in [4.69, 9.17) is 0 Å². The third-order valence-electron chi connectivity index (χ3n) is 2.56. The molecule has 3 atom stereocenters. The molecule has 1 rings (SSSR count). The average Bonchev–Trinajstić information content (AvgIpc) is 1.95. The van der Waals surface area contributed by atoms with Gasteiger partial charge >= 0.3 is 0 Å². The molecule has 0 aromatic carbocycles. The Labute approximate surface area is 62.6 Å². The summed E-state index contributed by atoms with van der Waals surface area (Å²) in [4.78, 5) is 0. The molecule has 1 aliphatic carbocycles. The van der Waals surface area contributed by atoms with Crippen molar-refractivity contribution in [2.45, 2.75) is 38.3 Å². The molecule has 1 aliphatic rings. The first-order valence-corrected chi connectivity index (χ1v) is 4.09. The molecule has 0 heterocycles. The Kier molecular flexibility index (Phi) is 2.69. The first kappa shape index (κ1) is 8.02. The molecule has 3 unspecified atom stereocenters. The summed E-state index contributed by atoms with van der Waals surface area (Å²) >= 11 is 0. The minimum atomic E-state index is -0.0776. The first-order chi connectivity index (χ1) is 4.74. The van der Waals surface area contributed by atoms with Crippen LogP contribution in [0.5, 0.6) is 0 Å². The van der Waals surface area contributed by atoms with Crippen molar-refractivity contribution in [2.24, 2.45) is 5.92 Å². The van der Waals surface area contributed by atoms with Gasteiger partial charge < -0.3 is 10.4 Å². The van der Waals surface area contributed by atoms with Crippen molar-refractivity contribution in [2.75, 3.05) is 7.05 Å². The molecule has 0 aromatic rings. The smallest absolute Gasteiger partial charge is 0.0580 e. The first-order valence-electron chi connectivity index (χ1n) is 4.09. The summed E-state index contributed by atoms with van der Waals surface area (Å²) in [5.74, 6) is 0.504. The maximum Gasteiger partial charge on any atom is 0.0580 e. The van der Waals surface area contributed by atoms with E-state index in [1.165, 1.54) is 6.42 Å². The van der Waals surface area contributed by atoms with Gasteiger partial charge in [-0.15, -0.1) is 0 Å². The van der Waals surface area contributed by atoms with Crippen LogP contribution in [0.4, 0.5) is 0 Å². The molecule has 0 spiro atoms. The monoisotopic (exact) mass is 143 g/mol. The molecular formula is C8H17NO. The predicted molar refractivity (Wildman–Crippen MR) is 41.9 cm³/mol. The van der Waals surface area contributed by atoms with Gasteiger partial charge in [0.15, 0.2) is 0 Å². The molecule has 0 amide bonds. The summed E-state index contributed by atoms with van der Waals surface area (Å²) < 4.78 is 0. The normalized spacial score (nSPS) is 41.7. The summed E-state index contributed by atoms with van der Waals surface area (Å²) in [6.45, 7) is 2.12. The highest BCUT2D eigenvalue weighted by molar-refractivity contribution is 4.80. The largest absolute Gasteiger partial charge is 0.393 e. The second-order valence-corrected chi connectivity index (χ2v) is 3.34. The molecule has 1 saturated carbocycles. The van der Waals surface area contributed by atoms with Gasteiger partial charge in [-0.2, -0.15) is 0 Å². The Hall–Kier alpha value is -0.0800. The Morgan fingerprint density at radius 2 is 2.10 bits per heavy atom. The van der Waals surface area contributed by atoms with E-state index in [-0.39, 0.29) is 6.10 Å². The summed E-state index contributed by atoms with van der Waals surface area (Å²) in [7, 11) is 1.97. The Morgan fingerprint density at radius 3 is 2.60 bits per heavy atom. The van der Waals surface area contributed by atoms with E-state index in [1.807, 2.05) is 7.05 Å². The molecule has 2 heteroatoms. The van der Waals surface area contributed by atoms with Gasteiger partial charge in [-0.25, -0.2) is 0 Å². The molecule has 0 aromatic heterocycles. The molecule has 0 radical (unpaired) electrons. The van der Waals surface area contributed by atoms with Crippen LogP contribution >= 0.6 is 0 Å². The molecule has 10 heavy (non-hydrogen) atoms. The lowest BCUT2D eigenvalue weighted by Crippen LogP contribution is -2.37. The zero-order valence-corrected chi connectivity index (χ0v) is 6.80. The van der Waals surface area contributed by atoms with Crippen LogP contribution in [-0.4, -0.2) is 24.3 Å². The van der Waals surface area contributed by atoms with Gasteiger partial charge in [-0.05, 0) is 32.2 Å². The number of hydrogen-bond acceptors (Lipinski definition) is 2. The van der Waals surface area contributed by atoms with Crippen molar-refractivity contribution in [3.63, 3.8) is 0 Å². The van der Waals surface area contributed by atoms with Gasteiger partial charge in [0, 0.05) is 6.04 Å². The van der Waals surface area contributed by atoms with Crippen molar-refractivity contribution in [1.29, 1.82) is 0 Å². The van der Waals surface area contributed by atoms with Crippen LogP contribution < -0.4 is 5.32 Å². The fourth-order valence-electron chi connectivity index (χ4n) is 1.56. The van der Waals surface area contributed by atoms with Gasteiger partial charge in [-0.3, -0.25) is 0 Å². The second kappa shape index (κ2) is 3.35. The van der Waals surface area contributed by atoms with Crippen LogP contribution in [0.3, 0.4) is 0 Å². The molecule has 2 N–H and O–H groups in total. The number of rotatable bonds is 1. The number of aliphatic hydroxyl groups is 1. The fourth-order valence-corrected chi connectivity index (χ4v) is 1.56. The standard InChI is InChI=1S/C8H17NO/c1-6-3-4-7(9-2)5-8(6)10/h6-10H,3-5H2,1-2H3. The summed E-state index contributed by atoms with van der Waals surface area (Å²) in [6.07, 6.45) is 3.23. The van der Waals surface area contributed by atoms with E-state index in [2.05, 4.69) is 12.2 Å². The molecule has 1 fully saturated rings. The van der Waals surface area contributed by atoms with E-state index in [0.717, 1.165) is 12.8 Å². The lowest BCUT2D eigenvalue weighted by atomic mass is 9.85. The van der Waals surface area contributed by atoms with Crippen LogP contribution in [-0.2, 0) is 0 Å². The minimum absolute atomic E-state index is 0.0776. The highest BCUT2D eigenvalue weighted by Crippen LogP contribution is 2.23.